The van der Waals surface area contributed by atoms with Crippen LogP contribution in [0.1, 0.15) is 18.4 Å². The first kappa shape index (κ1) is 13.3. The number of nitrogens with zero attached hydrogens (tertiary/aromatic N) is 2. The molecule has 19 heavy (non-hydrogen) atoms. The first-order chi connectivity index (χ1) is 9.11. The molecule has 1 aromatic carbocycles. The molecular weight excluding hydrogens is 252 g/mol. The number of carbonyl (C=O) groups is 1. The largest absolute Gasteiger partial charge is 0.371 e. The van der Waals surface area contributed by atoms with Crippen molar-refractivity contribution in [3.05, 3.63) is 29.3 Å². The van der Waals surface area contributed by atoms with Gasteiger partial charge in [-0.1, -0.05) is 0 Å². The highest BCUT2D eigenvalue weighted by Crippen LogP contribution is 2.20. The molecule has 4 nitrogen and oxygen atoms in total. The molecule has 1 saturated heterocycles. The molecule has 0 bridgehead atoms. The van der Waals surface area contributed by atoms with Crippen molar-refractivity contribution in [1.29, 1.82) is 5.26 Å². The van der Waals surface area contributed by atoms with Gasteiger partial charge < -0.3 is 10.2 Å². The molecule has 100 valence electrons. The van der Waals surface area contributed by atoms with Gasteiger partial charge in [-0.3, -0.25) is 4.79 Å². The lowest BCUT2D eigenvalue weighted by atomic mass is 10.2. The Morgan fingerprint density at radius 1 is 1.32 bits per heavy atom. The number of nitrogens with one attached hydrogen (secondary N) is 1. The summed E-state index contributed by atoms with van der Waals surface area (Å²) in [5, 5.41) is 11.0. The van der Waals surface area contributed by atoms with Crippen LogP contribution in [0.15, 0.2) is 12.1 Å². The summed E-state index contributed by atoms with van der Waals surface area (Å²) in [6.07, 6.45) is 1.93. The van der Waals surface area contributed by atoms with Crippen molar-refractivity contribution in [2.75, 3.05) is 25.0 Å². The van der Waals surface area contributed by atoms with Gasteiger partial charge in [-0.25, -0.2) is 8.78 Å². The molecule has 0 unspecified atom stereocenters. The number of hydrogen-bond donors (Lipinski definition) is 1. The monoisotopic (exact) mass is 265 g/mol. The predicted octanol–water partition coefficient (Wildman–Crippen LogP) is 1.87. The summed E-state index contributed by atoms with van der Waals surface area (Å²) in [6.45, 7) is 1.23. The van der Waals surface area contributed by atoms with Gasteiger partial charge in [-0.2, -0.15) is 5.26 Å². The van der Waals surface area contributed by atoms with Crippen LogP contribution >= 0.6 is 0 Å². The van der Waals surface area contributed by atoms with Crippen LogP contribution in [0, 0.1) is 23.0 Å². The number of carbonyl (C=O) groups excluding carboxylic acids is 1. The number of halogens is 2. The van der Waals surface area contributed by atoms with Crippen LogP contribution < -0.4 is 5.32 Å². The van der Waals surface area contributed by atoms with Crippen LogP contribution in [0.2, 0.25) is 0 Å². The molecule has 0 aromatic heterocycles. The number of likely N-dealkylation sites (tertiary alicyclic amines) is 1. The Morgan fingerprint density at radius 3 is 2.42 bits per heavy atom. The lowest BCUT2D eigenvalue weighted by molar-refractivity contribution is -0.128. The van der Waals surface area contributed by atoms with Gasteiger partial charge in [0.15, 0.2) is 11.6 Å². The molecule has 2 rings (SSSR count). The molecule has 0 saturated carbocycles. The number of rotatable bonds is 3. The van der Waals surface area contributed by atoms with Crippen molar-refractivity contribution in [2.45, 2.75) is 12.8 Å². The molecular formula is C13H13F2N3O. The fourth-order valence-electron chi connectivity index (χ4n) is 2.05. The zero-order chi connectivity index (χ0) is 13.8. The molecule has 1 N–H and O–H groups in total. The normalized spacial score (nSPS) is 14.3. The number of amides is 1. The van der Waals surface area contributed by atoms with Gasteiger partial charge in [-0.05, 0) is 25.0 Å². The Labute approximate surface area is 109 Å². The Morgan fingerprint density at radius 2 is 1.89 bits per heavy atom. The van der Waals surface area contributed by atoms with Crippen molar-refractivity contribution < 1.29 is 13.6 Å². The average Bonchev–Trinajstić information content (AvgIpc) is 2.91. The molecule has 1 heterocycles. The summed E-state index contributed by atoms with van der Waals surface area (Å²) in [5.41, 5.74) is -0.460. The standard InChI is InChI=1S/C13H13F2N3O/c14-10-5-9(7-16)6-11(15)13(10)17-8-12(19)18-3-1-2-4-18/h5-6,17H,1-4,8H2. The summed E-state index contributed by atoms with van der Waals surface area (Å²) in [5.74, 6) is -1.92. The van der Waals surface area contributed by atoms with E-state index in [0.717, 1.165) is 25.0 Å². The highest BCUT2D eigenvalue weighted by atomic mass is 19.1. The van der Waals surface area contributed by atoms with E-state index in [1.807, 2.05) is 0 Å². The van der Waals surface area contributed by atoms with Gasteiger partial charge in [0.05, 0.1) is 18.2 Å². The number of hydrogen-bond acceptors (Lipinski definition) is 3. The fourth-order valence-corrected chi connectivity index (χ4v) is 2.05. The molecule has 0 aliphatic carbocycles. The second-order valence-electron chi connectivity index (χ2n) is 4.37. The van der Waals surface area contributed by atoms with Crippen molar-refractivity contribution in [2.24, 2.45) is 0 Å². The fraction of sp³-hybridized carbons (Fsp3) is 0.385. The van der Waals surface area contributed by atoms with E-state index in [9.17, 15) is 13.6 Å². The number of benzene rings is 1. The summed E-state index contributed by atoms with van der Waals surface area (Å²) in [4.78, 5) is 13.4. The third-order valence-corrected chi connectivity index (χ3v) is 3.05. The summed E-state index contributed by atoms with van der Waals surface area (Å²) in [7, 11) is 0. The summed E-state index contributed by atoms with van der Waals surface area (Å²) < 4.78 is 27.1. The number of nitriles is 1. The maximum atomic E-state index is 13.5. The van der Waals surface area contributed by atoms with Gasteiger partial charge >= 0.3 is 0 Å². The molecule has 1 aromatic rings. The lowest BCUT2D eigenvalue weighted by Crippen LogP contribution is -2.33. The summed E-state index contributed by atoms with van der Waals surface area (Å²) in [6, 6.07) is 3.54. The van der Waals surface area contributed by atoms with E-state index in [1.54, 1.807) is 11.0 Å². The molecule has 0 spiro atoms. The van der Waals surface area contributed by atoms with E-state index >= 15 is 0 Å². The van der Waals surface area contributed by atoms with Gasteiger partial charge in [0.1, 0.15) is 5.69 Å². The van der Waals surface area contributed by atoms with Crippen LogP contribution in [0.5, 0.6) is 0 Å². The average molecular weight is 265 g/mol. The summed E-state index contributed by atoms with van der Waals surface area (Å²) >= 11 is 0. The first-order valence-corrected chi connectivity index (χ1v) is 6.02. The van der Waals surface area contributed by atoms with Gasteiger partial charge in [-0.15, -0.1) is 0 Å². The Kier molecular flexibility index (Phi) is 3.95. The molecule has 6 heteroatoms. The highest BCUT2D eigenvalue weighted by molar-refractivity contribution is 5.81. The van der Waals surface area contributed by atoms with Crippen molar-refractivity contribution in [1.82, 2.24) is 4.90 Å². The maximum absolute atomic E-state index is 13.5. The second kappa shape index (κ2) is 5.65. The molecule has 1 fully saturated rings. The van der Waals surface area contributed by atoms with Crippen molar-refractivity contribution in [3.63, 3.8) is 0 Å². The van der Waals surface area contributed by atoms with E-state index in [4.69, 9.17) is 5.26 Å². The second-order valence-corrected chi connectivity index (χ2v) is 4.37. The SMILES string of the molecule is N#Cc1cc(F)c(NCC(=O)N2CCCC2)c(F)c1. The Bertz CT molecular complexity index is 510. The number of anilines is 1. The minimum Gasteiger partial charge on any atom is -0.371 e. The van der Waals surface area contributed by atoms with Gasteiger partial charge in [0, 0.05) is 13.1 Å². The predicted molar refractivity (Wildman–Crippen MR) is 65.4 cm³/mol. The smallest absolute Gasteiger partial charge is 0.241 e. The van der Waals surface area contributed by atoms with Crippen LogP contribution in [-0.2, 0) is 4.79 Å². The molecule has 1 aliphatic rings. The van der Waals surface area contributed by atoms with Crippen LogP contribution in [0.3, 0.4) is 0 Å². The van der Waals surface area contributed by atoms with E-state index in [2.05, 4.69) is 5.32 Å². The highest BCUT2D eigenvalue weighted by Gasteiger charge is 2.19. The molecule has 0 atom stereocenters. The third-order valence-electron chi connectivity index (χ3n) is 3.05. The van der Waals surface area contributed by atoms with E-state index in [-0.39, 0.29) is 23.7 Å². The van der Waals surface area contributed by atoms with Crippen LogP contribution in [-0.4, -0.2) is 30.4 Å². The van der Waals surface area contributed by atoms with Crippen LogP contribution in [0.25, 0.3) is 0 Å². The van der Waals surface area contributed by atoms with Crippen molar-refractivity contribution >= 4 is 11.6 Å². The van der Waals surface area contributed by atoms with Gasteiger partial charge in [0.25, 0.3) is 0 Å². The van der Waals surface area contributed by atoms with E-state index in [0.29, 0.717) is 13.1 Å². The minimum atomic E-state index is -0.870. The van der Waals surface area contributed by atoms with E-state index in [1.165, 1.54) is 0 Å². The zero-order valence-corrected chi connectivity index (χ0v) is 10.2. The first-order valence-electron chi connectivity index (χ1n) is 6.02. The van der Waals surface area contributed by atoms with Crippen molar-refractivity contribution in [3.8, 4) is 6.07 Å². The van der Waals surface area contributed by atoms with Crippen LogP contribution in [0.4, 0.5) is 14.5 Å². The quantitative estimate of drug-likeness (QED) is 0.907. The Hall–Kier alpha value is -2.16. The van der Waals surface area contributed by atoms with Gasteiger partial charge in [0.2, 0.25) is 5.91 Å². The minimum absolute atomic E-state index is 0.0913. The molecule has 1 aliphatic heterocycles. The van der Waals surface area contributed by atoms with E-state index < -0.39 is 11.6 Å². The Balaban J connectivity index is 2.03. The molecule has 1 amide bonds. The lowest BCUT2D eigenvalue weighted by Gasteiger charge is -2.16. The molecule has 0 radical (unpaired) electrons. The maximum Gasteiger partial charge on any atom is 0.241 e. The zero-order valence-electron chi connectivity index (χ0n) is 10.2. The third kappa shape index (κ3) is 2.99. The topological polar surface area (TPSA) is 56.1 Å².